The van der Waals surface area contributed by atoms with Gasteiger partial charge in [0.25, 0.3) is 0 Å². The van der Waals surface area contributed by atoms with E-state index in [-0.39, 0.29) is 0 Å². The van der Waals surface area contributed by atoms with Gasteiger partial charge in [-0.3, -0.25) is 4.79 Å². The van der Waals surface area contributed by atoms with Crippen LogP contribution >= 0.6 is 0 Å². The molecule has 0 radical (unpaired) electrons. The Morgan fingerprint density at radius 3 is 2.40 bits per heavy atom. The van der Waals surface area contributed by atoms with Gasteiger partial charge in [-0.15, -0.1) is 0 Å². The lowest BCUT2D eigenvalue weighted by Crippen LogP contribution is -2.55. The third-order valence-corrected chi connectivity index (χ3v) is 3.99. The molecule has 3 aliphatic rings. The summed E-state index contributed by atoms with van der Waals surface area (Å²) in [7, 11) is 0. The second-order valence-corrected chi connectivity index (χ2v) is 4.95. The number of benzene rings is 1. The lowest BCUT2D eigenvalue weighted by molar-refractivity contribution is -0.109. The van der Waals surface area contributed by atoms with E-state index in [1.807, 2.05) is 0 Å². The van der Waals surface area contributed by atoms with Crippen molar-refractivity contribution >= 4 is 6.41 Å². The number of hydrogen-bond donors (Lipinski definition) is 1. The fraction of sp³-hybridized carbons (Fsp3) is 0.462. The number of rotatable bonds is 4. The van der Waals surface area contributed by atoms with Crippen molar-refractivity contribution in [2.45, 2.75) is 31.2 Å². The Morgan fingerprint density at radius 2 is 1.93 bits per heavy atom. The Kier molecular flexibility index (Phi) is 1.84. The molecule has 78 valence electrons. The molecule has 0 heterocycles. The van der Waals surface area contributed by atoms with Crippen LogP contribution in [0.4, 0.5) is 0 Å². The van der Waals surface area contributed by atoms with E-state index in [4.69, 9.17) is 0 Å². The highest BCUT2D eigenvalue weighted by Crippen LogP contribution is 2.64. The van der Waals surface area contributed by atoms with Crippen molar-refractivity contribution in [1.29, 1.82) is 0 Å². The maximum absolute atomic E-state index is 10.2. The van der Waals surface area contributed by atoms with Gasteiger partial charge < -0.3 is 5.32 Å². The minimum atomic E-state index is 0.557. The lowest BCUT2D eigenvalue weighted by Gasteiger charge is -2.62. The van der Waals surface area contributed by atoms with E-state index in [9.17, 15) is 4.79 Å². The second-order valence-electron chi connectivity index (χ2n) is 4.95. The summed E-state index contributed by atoms with van der Waals surface area (Å²) in [6.45, 7) is 0.638. The van der Waals surface area contributed by atoms with Gasteiger partial charge in [0.1, 0.15) is 0 Å². The van der Waals surface area contributed by atoms with Gasteiger partial charge in [0, 0.05) is 6.54 Å². The van der Waals surface area contributed by atoms with Crippen molar-refractivity contribution in [2.75, 3.05) is 0 Å². The van der Waals surface area contributed by atoms with Gasteiger partial charge in [0.15, 0.2) is 0 Å². The molecule has 4 rings (SSSR count). The van der Waals surface area contributed by atoms with E-state index >= 15 is 0 Å². The van der Waals surface area contributed by atoms with E-state index in [0.717, 1.165) is 12.3 Å². The number of carbonyl (C=O) groups excluding carboxylic acids is 1. The second kappa shape index (κ2) is 3.09. The average Bonchev–Trinajstić information content (AvgIpc) is 2.12. The first kappa shape index (κ1) is 8.96. The molecule has 1 aromatic rings. The highest BCUT2D eigenvalue weighted by Gasteiger charge is 2.57. The normalized spacial score (nSPS) is 31.3. The fourth-order valence-corrected chi connectivity index (χ4v) is 2.97. The third-order valence-electron chi connectivity index (χ3n) is 3.99. The smallest absolute Gasteiger partial charge is 0.207 e. The molecule has 0 saturated heterocycles. The summed E-state index contributed by atoms with van der Waals surface area (Å²) in [5.74, 6) is 1.03. The average molecular weight is 201 g/mol. The molecule has 1 amide bonds. The first-order valence-corrected chi connectivity index (χ1v) is 5.59. The molecule has 2 nitrogen and oxygen atoms in total. The number of hydrogen-bond acceptors (Lipinski definition) is 1. The van der Waals surface area contributed by atoms with Crippen LogP contribution in [0.5, 0.6) is 0 Å². The summed E-state index contributed by atoms with van der Waals surface area (Å²) in [4.78, 5) is 10.2. The van der Waals surface area contributed by atoms with E-state index in [1.165, 1.54) is 30.4 Å². The number of amides is 1. The largest absolute Gasteiger partial charge is 0.355 e. The van der Waals surface area contributed by atoms with Gasteiger partial charge >= 0.3 is 0 Å². The van der Waals surface area contributed by atoms with Gasteiger partial charge in [-0.05, 0) is 41.7 Å². The molecule has 0 aromatic heterocycles. The Labute approximate surface area is 89.7 Å². The van der Waals surface area contributed by atoms with E-state index in [0.29, 0.717) is 12.0 Å². The molecule has 3 aliphatic carbocycles. The minimum absolute atomic E-state index is 0.557. The molecule has 3 saturated carbocycles. The zero-order chi connectivity index (χ0) is 10.3. The molecule has 0 spiro atoms. The van der Waals surface area contributed by atoms with Crippen molar-refractivity contribution in [3.8, 4) is 0 Å². The summed E-state index contributed by atoms with van der Waals surface area (Å²) in [6.07, 6.45) is 4.95. The van der Waals surface area contributed by atoms with Crippen molar-refractivity contribution < 1.29 is 4.79 Å². The standard InChI is InChI=1S/C13H15NO/c15-9-14-8-10-1-3-12(4-2-10)13-5-11(6-13)7-13/h1-4,9,11H,5-8H2,(H,14,15). The Hall–Kier alpha value is -1.31. The quantitative estimate of drug-likeness (QED) is 0.741. The molecule has 0 atom stereocenters. The number of carbonyl (C=O) groups is 1. The predicted molar refractivity (Wildman–Crippen MR) is 58.4 cm³/mol. The summed E-state index contributed by atoms with van der Waals surface area (Å²) in [6, 6.07) is 8.73. The van der Waals surface area contributed by atoms with Gasteiger partial charge in [-0.2, -0.15) is 0 Å². The molecule has 1 N–H and O–H groups in total. The van der Waals surface area contributed by atoms with Crippen molar-refractivity contribution in [2.24, 2.45) is 5.92 Å². The van der Waals surface area contributed by atoms with Crippen LogP contribution in [0.3, 0.4) is 0 Å². The maximum Gasteiger partial charge on any atom is 0.207 e. The first-order valence-electron chi connectivity index (χ1n) is 5.59. The monoisotopic (exact) mass is 201 g/mol. The molecule has 2 heteroatoms. The molecule has 0 unspecified atom stereocenters. The van der Waals surface area contributed by atoms with Crippen LogP contribution in [0.15, 0.2) is 24.3 Å². The molecular formula is C13H15NO. The molecule has 2 bridgehead atoms. The summed E-state index contributed by atoms with van der Waals surface area (Å²) >= 11 is 0. The molecule has 1 aromatic carbocycles. The van der Waals surface area contributed by atoms with Crippen LogP contribution in [-0.4, -0.2) is 6.41 Å². The zero-order valence-electron chi connectivity index (χ0n) is 8.70. The van der Waals surface area contributed by atoms with Crippen molar-refractivity contribution in [3.63, 3.8) is 0 Å². The summed E-state index contributed by atoms with van der Waals surface area (Å²) < 4.78 is 0. The Balaban J connectivity index is 1.73. The van der Waals surface area contributed by atoms with Crippen molar-refractivity contribution in [3.05, 3.63) is 35.4 Å². The summed E-state index contributed by atoms with van der Waals surface area (Å²) in [5, 5.41) is 2.68. The molecule has 0 aliphatic heterocycles. The fourth-order valence-electron chi connectivity index (χ4n) is 2.97. The predicted octanol–water partition coefficient (Wildman–Crippen LogP) is 1.98. The van der Waals surface area contributed by atoms with Crippen LogP contribution in [0.1, 0.15) is 30.4 Å². The van der Waals surface area contributed by atoms with Gasteiger partial charge in [0.2, 0.25) is 6.41 Å². The number of nitrogens with one attached hydrogen (secondary N) is 1. The van der Waals surface area contributed by atoms with Crippen LogP contribution < -0.4 is 5.32 Å². The molecule has 15 heavy (non-hydrogen) atoms. The maximum atomic E-state index is 10.2. The zero-order valence-corrected chi connectivity index (χ0v) is 8.70. The highest BCUT2D eigenvalue weighted by atomic mass is 16.1. The van der Waals surface area contributed by atoms with Gasteiger partial charge in [0.05, 0.1) is 0 Å². The van der Waals surface area contributed by atoms with Crippen LogP contribution in [0.2, 0.25) is 0 Å². The molecule has 3 fully saturated rings. The minimum Gasteiger partial charge on any atom is -0.355 e. The highest BCUT2D eigenvalue weighted by molar-refractivity contribution is 5.46. The van der Waals surface area contributed by atoms with Crippen LogP contribution in [0.25, 0.3) is 0 Å². The van der Waals surface area contributed by atoms with Crippen LogP contribution in [0, 0.1) is 5.92 Å². The van der Waals surface area contributed by atoms with Crippen LogP contribution in [-0.2, 0) is 16.8 Å². The third kappa shape index (κ3) is 1.28. The first-order chi connectivity index (χ1) is 7.32. The topological polar surface area (TPSA) is 29.1 Å². The van der Waals surface area contributed by atoms with Crippen molar-refractivity contribution in [1.82, 2.24) is 5.32 Å². The molecular weight excluding hydrogens is 186 g/mol. The SMILES string of the molecule is O=CNCc1ccc(C23CC(C2)C3)cc1. The Bertz CT molecular complexity index is 365. The summed E-state index contributed by atoms with van der Waals surface area (Å²) in [5.41, 5.74) is 3.23. The van der Waals surface area contributed by atoms with E-state index < -0.39 is 0 Å². The van der Waals surface area contributed by atoms with E-state index in [1.54, 1.807) is 0 Å². The van der Waals surface area contributed by atoms with Gasteiger partial charge in [-0.1, -0.05) is 24.3 Å². The van der Waals surface area contributed by atoms with E-state index in [2.05, 4.69) is 29.6 Å². The van der Waals surface area contributed by atoms with Gasteiger partial charge in [-0.25, -0.2) is 0 Å². The lowest BCUT2D eigenvalue weighted by atomic mass is 9.42. The Morgan fingerprint density at radius 1 is 1.27 bits per heavy atom.